The fourth-order valence-electron chi connectivity index (χ4n) is 3.41. The van der Waals surface area contributed by atoms with Gasteiger partial charge in [0.15, 0.2) is 34.6 Å². The highest BCUT2D eigenvalue weighted by atomic mass is 16.5. The van der Waals surface area contributed by atoms with Crippen molar-refractivity contribution in [2.24, 2.45) is 5.92 Å². The Labute approximate surface area is 205 Å². The monoisotopic (exact) mass is 481 g/mol. The molecule has 0 bridgehead atoms. The maximum Gasteiger partial charge on any atom is 0.223 e. The molecule has 8 heteroatoms. The summed E-state index contributed by atoms with van der Waals surface area (Å²) in [5.74, 6) is -2.11. The third kappa shape index (κ3) is 7.46. The van der Waals surface area contributed by atoms with Crippen LogP contribution >= 0.6 is 0 Å². The molecule has 0 saturated carbocycles. The maximum absolute atomic E-state index is 13.0. The number of aromatic hydroxyl groups is 2. The van der Waals surface area contributed by atoms with Crippen molar-refractivity contribution < 1.29 is 34.1 Å². The van der Waals surface area contributed by atoms with E-state index in [0.29, 0.717) is 24.2 Å². The van der Waals surface area contributed by atoms with Gasteiger partial charge >= 0.3 is 0 Å². The van der Waals surface area contributed by atoms with Crippen LogP contribution in [0.4, 0.5) is 0 Å². The van der Waals surface area contributed by atoms with Gasteiger partial charge in [-0.1, -0.05) is 24.3 Å². The first-order valence-electron chi connectivity index (χ1n) is 11.2. The van der Waals surface area contributed by atoms with Crippen LogP contribution in [0.3, 0.4) is 0 Å². The predicted molar refractivity (Wildman–Crippen MR) is 133 cm³/mol. The maximum atomic E-state index is 13.0. The summed E-state index contributed by atoms with van der Waals surface area (Å²) < 4.78 is 10.1. The summed E-state index contributed by atoms with van der Waals surface area (Å²) in [5, 5.41) is 19.5. The van der Waals surface area contributed by atoms with Gasteiger partial charge in [-0.05, 0) is 61.4 Å². The Kier molecular flexibility index (Phi) is 10.1. The van der Waals surface area contributed by atoms with Gasteiger partial charge in [-0.25, -0.2) is 0 Å². The Morgan fingerprint density at radius 3 is 1.63 bits per heavy atom. The Morgan fingerprint density at radius 2 is 1.26 bits per heavy atom. The number of hydrogen-bond acceptors (Lipinski definition) is 7. The van der Waals surface area contributed by atoms with E-state index in [0.717, 1.165) is 0 Å². The molecule has 8 nitrogen and oxygen atoms in total. The van der Waals surface area contributed by atoms with Gasteiger partial charge in [0.1, 0.15) is 0 Å². The summed E-state index contributed by atoms with van der Waals surface area (Å²) in [7, 11) is 2.83. The molecule has 0 aromatic heterocycles. The van der Waals surface area contributed by atoms with Crippen molar-refractivity contribution in [1.29, 1.82) is 0 Å². The van der Waals surface area contributed by atoms with Gasteiger partial charge in [-0.15, -0.1) is 0 Å². The average Bonchev–Trinajstić information content (AvgIpc) is 2.86. The van der Waals surface area contributed by atoms with Crippen LogP contribution in [0.15, 0.2) is 48.6 Å². The normalized spacial score (nSPS) is 11.2. The molecule has 2 N–H and O–H groups in total. The lowest BCUT2D eigenvalue weighted by molar-refractivity contribution is -0.137. The van der Waals surface area contributed by atoms with E-state index in [1.807, 2.05) is 13.8 Å². The number of hydrogen-bond donors (Lipinski definition) is 2. The molecule has 0 aliphatic rings. The minimum atomic E-state index is -1.20. The van der Waals surface area contributed by atoms with E-state index >= 15 is 0 Å². The summed E-state index contributed by atoms with van der Waals surface area (Å²) in [6.07, 6.45) is 5.25. The van der Waals surface area contributed by atoms with Gasteiger partial charge in [0, 0.05) is 19.5 Å². The highest BCUT2D eigenvalue weighted by molar-refractivity contribution is 6.15. The van der Waals surface area contributed by atoms with Crippen molar-refractivity contribution in [1.82, 2.24) is 4.90 Å². The fourth-order valence-corrected chi connectivity index (χ4v) is 3.41. The van der Waals surface area contributed by atoms with Crippen molar-refractivity contribution >= 4 is 29.6 Å². The van der Waals surface area contributed by atoms with Crippen molar-refractivity contribution in [3.05, 3.63) is 59.7 Å². The van der Waals surface area contributed by atoms with E-state index in [4.69, 9.17) is 9.47 Å². The topological polar surface area (TPSA) is 113 Å². The Hall–Kier alpha value is -4.07. The predicted octanol–water partition coefficient (Wildman–Crippen LogP) is 3.85. The number of ketones is 2. The quantitative estimate of drug-likeness (QED) is 0.350. The summed E-state index contributed by atoms with van der Waals surface area (Å²) in [5.41, 5.74) is 1.17. The number of phenols is 2. The van der Waals surface area contributed by atoms with Crippen LogP contribution < -0.4 is 9.47 Å². The number of methoxy groups -OCH3 is 2. The molecule has 35 heavy (non-hydrogen) atoms. The van der Waals surface area contributed by atoms with Crippen molar-refractivity contribution in [3.8, 4) is 23.0 Å². The fraction of sp³-hybridized carbons (Fsp3) is 0.296. The van der Waals surface area contributed by atoms with Crippen LogP contribution in [0.5, 0.6) is 23.0 Å². The Morgan fingerprint density at radius 1 is 0.829 bits per heavy atom. The highest BCUT2D eigenvalue weighted by Crippen LogP contribution is 2.28. The molecule has 0 fully saturated rings. The molecule has 0 aliphatic heterocycles. The molecule has 0 radical (unpaired) electrons. The third-order valence-electron chi connectivity index (χ3n) is 5.47. The molecule has 0 spiro atoms. The smallest absolute Gasteiger partial charge is 0.223 e. The van der Waals surface area contributed by atoms with Crippen molar-refractivity contribution in [2.75, 3.05) is 27.3 Å². The summed E-state index contributed by atoms with van der Waals surface area (Å²) in [6.45, 7) is 4.60. The van der Waals surface area contributed by atoms with Gasteiger partial charge in [-0.2, -0.15) is 0 Å². The zero-order chi connectivity index (χ0) is 26.0. The summed E-state index contributed by atoms with van der Waals surface area (Å²) >= 11 is 0. The molecule has 0 unspecified atom stereocenters. The SMILES string of the molecule is CCN(CC)C(=O)CC(C(=O)/C=C/c1ccc(O)c(OC)c1)C(=O)/C=C/c1ccc(O)c(OC)c1. The molecule has 0 saturated heterocycles. The molecular weight excluding hydrogens is 450 g/mol. The largest absolute Gasteiger partial charge is 0.504 e. The molecule has 2 rings (SSSR count). The van der Waals surface area contributed by atoms with E-state index in [-0.39, 0.29) is 35.3 Å². The first-order valence-corrected chi connectivity index (χ1v) is 11.2. The van der Waals surface area contributed by atoms with Gasteiger partial charge in [0.2, 0.25) is 5.91 Å². The molecule has 0 aliphatic carbocycles. The lowest BCUT2D eigenvalue weighted by Crippen LogP contribution is -2.35. The van der Waals surface area contributed by atoms with Crippen molar-refractivity contribution in [3.63, 3.8) is 0 Å². The van der Waals surface area contributed by atoms with Gasteiger partial charge in [-0.3, -0.25) is 14.4 Å². The number of carbonyl (C=O) groups excluding carboxylic acids is 3. The van der Waals surface area contributed by atoms with Crippen molar-refractivity contribution in [2.45, 2.75) is 20.3 Å². The number of phenolic OH excluding ortho intramolecular Hbond substituents is 2. The number of ether oxygens (including phenoxy) is 2. The zero-order valence-corrected chi connectivity index (χ0v) is 20.4. The van der Waals surface area contributed by atoms with E-state index in [2.05, 4.69) is 0 Å². The second-order valence-corrected chi connectivity index (χ2v) is 7.66. The Balaban J connectivity index is 2.30. The van der Waals surface area contributed by atoms with Gasteiger partial charge in [0.25, 0.3) is 0 Å². The van der Waals surface area contributed by atoms with Crippen LogP contribution in [-0.2, 0) is 14.4 Å². The number of benzene rings is 2. The second-order valence-electron chi connectivity index (χ2n) is 7.66. The number of allylic oxidation sites excluding steroid dienone is 2. The zero-order valence-electron chi connectivity index (χ0n) is 20.4. The van der Waals surface area contributed by atoms with Gasteiger partial charge < -0.3 is 24.6 Å². The molecule has 0 heterocycles. The summed E-state index contributed by atoms with van der Waals surface area (Å²) in [6, 6.07) is 9.16. The minimum Gasteiger partial charge on any atom is -0.504 e. The summed E-state index contributed by atoms with van der Waals surface area (Å²) in [4.78, 5) is 40.3. The molecule has 0 atom stereocenters. The molecule has 2 aromatic rings. The molecule has 186 valence electrons. The molecular formula is C27H31NO7. The van der Waals surface area contributed by atoms with Crippen LogP contribution in [-0.4, -0.2) is 59.9 Å². The lowest BCUT2D eigenvalue weighted by atomic mass is 9.92. The van der Waals surface area contributed by atoms with E-state index in [1.165, 1.54) is 50.7 Å². The Bertz CT molecular complexity index is 1040. The number of amides is 1. The lowest BCUT2D eigenvalue weighted by Gasteiger charge is -2.20. The van der Waals surface area contributed by atoms with E-state index < -0.39 is 17.5 Å². The standard InChI is InChI=1S/C27H31NO7/c1-5-28(6-2)27(33)17-20(21(29)11-7-18-9-13-23(31)25(15-18)34-3)22(30)12-8-19-10-14-24(32)26(16-19)35-4/h7-16,20,31-32H,5-6,17H2,1-4H3/b11-7+,12-8+. The van der Waals surface area contributed by atoms with Crippen LogP contribution in [0.2, 0.25) is 0 Å². The van der Waals surface area contributed by atoms with Gasteiger partial charge in [0.05, 0.1) is 20.1 Å². The number of rotatable bonds is 12. The van der Waals surface area contributed by atoms with Crippen LogP contribution in [0.25, 0.3) is 12.2 Å². The highest BCUT2D eigenvalue weighted by Gasteiger charge is 2.27. The van der Waals surface area contributed by atoms with Crippen LogP contribution in [0, 0.1) is 5.92 Å². The minimum absolute atomic E-state index is 0.0372. The third-order valence-corrected chi connectivity index (χ3v) is 5.47. The first-order chi connectivity index (χ1) is 16.7. The number of nitrogens with zero attached hydrogens (tertiary/aromatic N) is 1. The molecule has 1 amide bonds. The van der Waals surface area contributed by atoms with E-state index in [1.54, 1.807) is 29.2 Å². The number of carbonyl (C=O) groups is 3. The molecule has 2 aromatic carbocycles. The second kappa shape index (κ2) is 13.0. The average molecular weight is 482 g/mol. The van der Waals surface area contributed by atoms with Crippen LogP contribution in [0.1, 0.15) is 31.4 Å². The van der Waals surface area contributed by atoms with E-state index in [9.17, 15) is 24.6 Å². The first kappa shape index (κ1) is 27.2.